The summed E-state index contributed by atoms with van der Waals surface area (Å²) >= 11 is 0. The molecule has 1 saturated heterocycles. The van der Waals surface area contributed by atoms with Crippen molar-refractivity contribution in [1.29, 1.82) is 0 Å². The van der Waals surface area contributed by atoms with Crippen molar-refractivity contribution < 1.29 is 37.0 Å². The van der Waals surface area contributed by atoms with Crippen LogP contribution < -0.4 is 30.2 Å². The first kappa shape index (κ1) is 42.1. The van der Waals surface area contributed by atoms with E-state index in [9.17, 15) is 22.8 Å². The van der Waals surface area contributed by atoms with Gasteiger partial charge in [-0.3, -0.25) is 4.79 Å². The van der Waals surface area contributed by atoms with Crippen LogP contribution >= 0.6 is 0 Å². The standard InChI is InChI=1S/C39H54F3N9O5/c1-4-29(23-49-15-5-6-16-49)24-50(27-52)25-31-11-12-32-21-34(31)55-20-8-18-51(38(53)44-28(2)3)17-7-19-54-33-13-9-30(10-14-33)22-43-35-46-36(45-32)48-37(47-35)56-26-39(40,41)42/h9-14,21,27-29H,4-8,15-20,22-26H2,1-3H3,(H,44,53)(H2,43,45,46,47,48). The monoisotopic (exact) mass is 785 g/mol. The normalized spacial score (nSPS) is 16.3. The molecule has 4 heterocycles. The molecule has 1 aromatic heterocycles. The van der Waals surface area contributed by atoms with Crippen LogP contribution in [0.15, 0.2) is 42.5 Å². The van der Waals surface area contributed by atoms with Gasteiger partial charge in [-0.25, -0.2) is 4.79 Å². The second kappa shape index (κ2) is 20.7. The largest absolute Gasteiger partial charge is 0.494 e. The van der Waals surface area contributed by atoms with Gasteiger partial charge in [-0.2, -0.15) is 28.1 Å². The van der Waals surface area contributed by atoms with Crippen molar-refractivity contribution in [1.82, 2.24) is 35.0 Å². The number of carbonyl (C=O) groups is 2. The number of alkyl halides is 3. The Morgan fingerprint density at radius 1 is 0.982 bits per heavy atom. The average molecular weight is 786 g/mol. The van der Waals surface area contributed by atoms with Gasteiger partial charge in [-0.05, 0) is 82.3 Å². The molecule has 0 aliphatic carbocycles. The highest BCUT2D eigenvalue weighted by molar-refractivity contribution is 5.74. The van der Waals surface area contributed by atoms with Crippen molar-refractivity contribution in [3.63, 3.8) is 0 Å². The van der Waals surface area contributed by atoms with Crippen LogP contribution in [0.4, 0.5) is 35.5 Å². The first-order chi connectivity index (χ1) is 27.0. The Kier molecular flexibility index (Phi) is 15.6. The van der Waals surface area contributed by atoms with E-state index in [2.05, 4.69) is 42.7 Å². The molecular formula is C39H54F3N9O5. The van der Waals surface area contributed by atoms with E-state index < -0.39 is 18.8 Å². The molecule has 3 aromatic rings. The second-order valence-electron chi connectivity index (χ2n) is 14.4. The molecule has 3 aliphatic rings. The van der Waals surface area contributed by atoms with Gasteiger partial charge in [0.05, 0.1) is 13.2 Å². The summed E-state index contributed by atoms with van der Waals surface area (Å²) < 4.78 is 56.5. The summed E-state index contributed by atoms with van der Waals surface area (Å²) in [5.74, 6) is 1.40. The van der Waals surface area contributed by atoms with Crippen LogP contribution in [0.5, 0.6) is 17.5 Å². The fourth-order valence-electron chi connectivity index (χ4n) is 6.49. The number of nitrogens with one attached hydrogen (secondary N) is 3. The van der Waals surface area contributed by atoms with Crippen LogP contribution in [-0.4, -0.2) is 113 Å². The van der Waals surface area contributed by atoms with E-state index in [1.807, 2.05) is 44.2 Å². The van der Waals surface area contributed by atoms with Gasteiger partial charge in [0.2, 0.25) is 18.3 Å². The number of urea groups is 1. The minimum absolute atomic E-state index is 0.00216. The number of halogens is 3. The van der Waals surface area contributed by atoms with Crippen LogP contribution in [0, 0.1) is 5.92 Å². The SMILES string of the molecule is CCC(CN(C=O)Cc1ccc2cc1OCCCN(C(=O)NC(C)C)CCCOc1ccc(cc1)CNc1nc(nc(OCC(F)(F)F)n1)N2)CN1CCCC1. The molecule has 2 aromatic carbocycles. The highest BCUT2D eigenvalue weighted by atomic mass is 19.4. The van der Waals surface area contributed by atoms with Crippen LogP contribution in [0.2, 0.25) is 0 Å². The molecule has 3 amide bonds. The third kappa shape index (κ3) is 13.9. The fourth-order valence-corrected chi connectivity index (χ4v) is 6.49. The van der Waals surface area contributed by atoms with Gasteiger partial charge < -0.3 is 44.9 Å². The van der Waals surface area contributed by atoms with E-state index in [1.165, 1.54) is 12.8 Å². The van der Waals surface area contributed by atoms with Crippen molar-refractivity contribution in [2.75, 3.05) is 69.7 Å². The van der Waals surface area contributed by atoms with E-state index in [0.717, 1.165) is 43.6 Å². The van der Waals surface area contributed by atoms with Gasteiger partial charge >= 0.3 is 18.2 Å². The highest BCUT2D eigenvalue weighted by Gasteiger charge is 2.29. The highest BCUT2D eigenvalue weighted by Crippen LogP contribution is 2.28. The molecular weight excluding hydrogens is 731 g/mol. The van der Waals surface area contributed by atoms with Crippen LogP contribution in [0.1, 0.15) is 64.0 Å². The number of aromatic nitrogens is 3. The van der Waals surface area contributed by atoms with Crippen LogP contribution in [0.3, 0.4) is 0 Å². The predicted molar refractivity (Wildman–Crippen MR) is 206 cm³/mol. The van der Waals surface area contributed by atoms with E-state index in [-0.39, 0.29) is 37.1 Å². The summed E-state index contributed by atoms with van der Waals surface area (Å²) in [4.78, 5) is 44.0. The minimum Gasteiger partial charge on any atom is -0.494 e. The molecule has 3 aliphatic heterocycles. The Balaban J connectivity index is 1.42. The number of anilines is 3. The summed E-state index contributed by atoms with van der Waals surface area (Å²) in [7, 11) is 0. The van der Waals surface area contributed by atoms with Crippen molar-refractivity contribution >= 4 is 30.0 Å². The number of hydrogen-bond acceptors (Lipinski definition) is 11. The predicted octanol–water partition coefficient (Wildman–Crippen LogP) is 6.22. The first-order valence-corrected chi connectivity index (χ1v) is 19.4. The molecule has 56 heavy (non-hydrogen) atoms. The van der Waals surface area contributed by atoms with Gasteiger partial charge in [-0.15, -0.1) is 0 Å². The molecule has 1 atom stereocenters. The molecule has 6 bridgehead atoms. The number of hydrogen-bond donors (Lipinski definition) is 3. The smallest absolute Gasteiger partial charge is 0.422 e. The molecule has 0 spiro atoms. The lowest BCUT2D eigenvalue weighted by molar-refractivity contribution is -0.154. The number of fused-ring (bicyclic) bond motifs is 11. The number of likely N-dealkylation sites (tertiary alicyclic amines) is 1. The van der Waals surface area contributed by atoms with Gasteiger partial charge in [0.15, 0.2) is 6.61 Å². The van der Waals surface area contributed by atoms with E-state index >= 15 is 0 Å². The lowest BCUT2D eigenvalue weighted by atomic mass is 10.0. The molecule has 1 unspecified atom stereocenters. The molecule has 1 fully saturated rings. The zero-order chi connectivity index (χ0) is 39.9. The summed E-state index contributed by atoms with van der Waals surface area (Å²) in [6.45, 7) is 10.2. The maximum absolute atomic E-state index is 13.1. The Labute approximate surface area is 326 Å². The summed E-state index contributed by atoms with van der Waals surface area (Å²) in [5.41, 5.74) is 2.08. The van der Waals surface area contributed by atoms with Crippen LogP contribution in [-0.2, 0) is 17.9 Å². The van der Waals surface area contributed by atoms with Gasteiger partial charge in [0.1, 0.15) is 11.5 Å². The molecule has 17 heteroatoms. The van der Waals surface area contributed by atoms with Crippen molar-refractivity contribution in [2.45, 2.75) is 78.2 Å². The number of nitrogens with zero attached hydrogens (tertiary/aromatic N) is 6. The lowest BCUT2D eigenvalue weighted by Crippen LogP contribution is -2.44. The maximum Gasteiger partial charge on any atom is 0.422 e. The summed E-state index contributed by atoms with van der Waals surface area (Å²) in [6, 6.07) is 11.9. The van der Waals surface area contributed by atoms with E-state index in [0.29, 0.717) is 68.7 Å². The molecule has 306 valence electrons. The Bertz CT molecular complexity index is 1690. The molecule has 14 nitrogen and oxygen atoms in total. The average Bonchev–Trinajstić information content (AvgIpc) is 3.68. The molecule has 3 N–H and O–H groups in total. The Hall–Kier alpha value is -5.06. The van der Waals surface area contributed by atoms with Gasteiger partial charge in [0, 0.05) is 62.6 Å². The molecule has 0 saturated carbocycles. The van der Waals surface area contributed by atoms with E-state index in [4.69, 9.17) is 14.2 Å². The van der Waals surface area contributed by atoms with Crippen LogP contribution in [0.25, 0.3) is 0 Å². The number of amides is 3. The number of ether oxygens (including phenoxy) is 3. The zero-order valence-electron chi connectivity index (χ0n) is 32.4. The van der Waals surface area contributed by atoms with Crippen molar-refractivity contribution in [3.05, 3.63) is 53.6 Å². The third-order valence-corrected chi connectivity index (χ3v) is 9.36. The third-order valence-electron chi connectivity index (χ3n) is 9.36. The quantitative estimate of drug-likeness (QED) is 0.191. The number of carbonyl (C=O) groups excluding carboxylic acids is 2. The van der Waals surface area contributed by atoms with Gasteiger partial charge in [0.25, 0.3) is 0 Å². The first-order valence-electron chi connectivity index (χ1n) is 19.4. The Morgan fingerprint density at radius 2 is 1.70 bits per heavy atom. The lowest BCUT2D eigenvalue weighted by Gasteiger charge is -2.28. The molecule has 0 radical (unpaired) electrons. The number of benzene rings is 2. The maximum atomic E-state index is 13.1. The summed E-state index contributed by atoms with van der Waals surface area (Å²) in [6.07, 6.45) is 0.709. The number of rotatable bonds is 11. The second-order valence-corrected chi connectivity index (χ2v) is 14.4. The summed E-state index contributed by atoms with van der Waals surface area (Å²) in [5, 5.41) is 9.07. The van der Waals surface area contributed by atoms with Gasteiger partial charge in [-0.1, -0.05) is 31.5 Å². The van der Waals surface area contributed by atoms with Crippen molar-refractivity contribution in [2.24, 2.45) is 5.92 Å². The van der Waals surface area contributed by atoms with E-state index in [1.54, 1.807) is 21.9 Å². The zero-order valence-corrected chi connectivity index (χ0v) is 32.4. The topological polar surface area (TPSA) is 146 Å². The van der Waals surface area contributed by atoms with Crippen molar-refractivity contribution in [3.8, 4) is 17.5 Å². The minimum atomic E-state index is -4.60. The Morgan fingerprint density at radius 3 is 2.38 bits per heavy atom. The fraction of sp³-hybridized carbons (Fsp3) is 0.564. The molecule has 6 rings (SSSR count).